The molecule has 35 heavy (non-hydrogen) atoms. The van der Waals surface area contributed by atoms with Crippen LogP contribution in [-0.2, 0) is 14.8 Å². The average Bonchev–Trinajstić information content (AvgIpc) is 2.87. The number of hydrogen-bond donors (Lipinski definition) is 3. The van der Waals surface area contributed by atoms with Crippen LogP contribution in [0.1, 0.15) is 16.8 Å². The van der Waals surface area contributed by atoms with Gasteiger partial charge in [0.2, 0.25) is 5.91 Å². The number of ether oxygens (including phenoxy) is 3. The summed E-state index contributed by atoms with van der Waals surface area (Å²) in [6, 6.07) is 19.0. The zero-order chi connectivity index (χ0) is 25.3. The van der Waals surface area contributed by atoms with Crippen molar-refractivity contribution in [1.29, 1.82) is 0 Å². The first-order chi connectivity index (χ1) is 16.8. The maximum atomic E-state index is 12.8. The highest BCUT2D eigenvalue weighted by Crippen LogP contribution is 2.27. The van der Waals surface area contributed by atoms with Crippen molar-refractivity contribution in [3.8, 4) is 17.2 Å². The van der Waals surface area contributed by atoms with Gasteiger partial charge in [0.15, 0.2) is 11.5 Å². The molecule has 11 heteroatoms. The molecule has 0 spiro atoms. The molecule has 3 rings (SSSR count). The number of amides is 2. The number of para-hydroxylation sites is 4. The van der Waals surface area contributed by atoms with E-state index in [-0.39, 0.29) is 29.2 Å². The summed E-state index contributed by atoms with van der Waals surface area (Å²) in [6.45, 7) is 0.0599. The second-order valence-corrected chi connectivity index (χ2v) is 8.77. The molecule has 184 valence electrons. The Hall–Kier alpha value is -4.25. The Labute approximate surface area is 203 Å². The van der Waals surface area contributed by atoms with Gasteiger partial charge in [-0.25, -0.2) is 8.42 Å². The summed E-state index contributed by atoms with van der Waals surface area (Å²) in [5, 5.41) is 0. The lowest BCUT2D eigenvalue weighted by atomic mass is 10.2. The van der Waals surface area contributed by atoms with Gasteiger partial charge in [-0.05, 0) is 42.5 Å². The van der Waals surface area contributed by atoms with Gasteiger partial charge in [-0.3, -0.25) is 25.2 Å². The number of hydrogen-bond acceptors (Lipinski definition) is 7. The van der Waals surface area contributed by atoms with Crippen LogP contribution in [0.4, 0.5) is 5.69 Å². The smallest absolute Gasteiger partial charge is 0.269 e. The molecule has 0 bridgehead atoms. The van der Waals surface area contributed by atoms with E-state index < -0.39 is 21.8 Å². The molecule has 0 saturated carbocycles. The number of benzene rings is 3. The van der Waals surface area contributed by atoms with Crippen LogP contribution in [0.2, 0.25) is 0 Å². The minimum Gasteiger partial charge on any atom is -0.495 e. The molecule has 0 heterocycles. The van der Waals surface area contributed by atoms with E-state index in [0.29, 0.717) is 17.2 Å². The Kier molecular flexibility index (Phi) is 8.52. The summed E-state index contributed by atoms with van der Waals surface area (Å²) in [6.07, 6.45) is -0.0322. The molecule has 3 aromatic rings. The van der Waals surface area contributed by atoms with Gasteiger partial charge in [0.25, 0.3) is 15.9 Å². The minimum atomic E-state index is -4.00. The van der Waals surface area contributed by atoms with Crippen LogP contribution >= 0.6 is 0 Å². The van der Waals surface area contributed by atoms with Gasteiger partial charge in [-0.15, -0.1) is 0 Å². The molecule has 10 nitrogen and oxygen atoms in total. The predicted molar refractivity (Wildman–Crippen MR) is 129 cm³/mol. The average molecular weight is 500 g/mol. The van der Waals surface area contributed by atoms with Crippen LogP contribution in [0.15, 0.2) is 77.7 Å². The third kappa shape index (κ3) is 6.87. The second-order valence-electron chi connectivity index (χ2n) is 7.09. The molecule has 0 aliphatic carbocycles. The summed E-state index contributed by atoms with van der Waals surface area (Å²) in [7, 11) is -1.06. The lowest BCUT2D eigenvalue weighted by molar-refractivity contribution is -0.122. The maximum Gasteiger partial charge on any atom is 0.269 e. The predicted octanol–water partition coefficient (Wildman–Crippen LogP) is 2.73. The lowest BCUT2D eigenvalue weighted by Crippen LogP contribution is -2.42. The Morgan fingerprint density at radius 1 is 0.800 bits per heavy atom. The zero-order valence-corrected chi connectivity index (χ0v) is 19.9. The molecule has 3 N–H and O–H groups in total. The van der Waals surface area contributed by atoms with Crippen LogP contribution in [-0.4, -0.2) is 41.1 Å². The minimum absolute atomic E-state index is 0.0322. The molecule has 3 aromatic carbocycles. The molecule has 0 fully saturated rings. The van der Waals surface area contributed by atoms with Crippen molar-refractivity contribution in [2.24, 2.45) is 0 Å². The number of anilines is 1. The Morgan fingerprint density at radius 2 is 1.46 bits per heavy atom. The maximum absolute atomic E-state index is 12.8. The summed E-state index contributed by atoms with van der Waals surface area (Å²) in [5.74, 6) is 0.207. The molecule has 0 radical (unpaired) electrons. The van der Waals surface area contributed by atoms with E-state index in [1.54, 1.807) is 48.5 Å². The molecule has 0 saturated heterocycles. The van der Waals surface area contributed by atoms with Gasteiger partial charge in [0.1, 0.15) is 5.75 Å². The number of rotatable bonds is 10. The van der Waals surface area contributed by atoms with Crippen molar-refractivity contribution < 1.29 is 32.2 Å². The number of carbonyl (C=O) groups is 2. The fourth-order valence-electron chi connectivity index (χ4n) is 2.99. The Balaban J connectivity index is 1.56. The van der Waals surface area contributed by atoms with Crippen molar-refractivity contribution in [2.45, 2.75) is 11.3 Å². The van der Waals surface area contributed by atoms with Gasteiger partial charge in [0.05, 0.1) is 37.8 Å². The highest BCUT2D eigenvalue weighted by molar-refractivity contribution is 7.92. The number of sulfonamides is 1. The van der Waals surface area contributed by atoms with Crippen LogP contribution in [0.3, 0.4) is 0 Å². The van der Waals surface area contributed by atoms with E-state index in [0.717, 1.165) is 0 Å². The molecule has 0 atom stereocenters. The summed E-state index contributed by atoms with van der Waals surface area (Å²) in [4.78, 5) is 24.4. The first-order valence-electron chi connectivity index (χ1n) is 10.4. The standard InChI is InChI=1S/C24H25N3O7S/c1-32-20-11-4-3-10-19(20)27-35(30,31)18-9-7-8-17(16-18)24(29)26-25-23(28)14-15-34-22-13-6-5-12-21(22)33-2/h3-13,16,27H,14-15H2,1-2H3,(H,25,28)(H,26,29). The van der Waals surface area contributed by atoms with Gasteiger partial charge >= 0.3 is 0 Å². The van der Waals surface area contributed by atoms with Crippen LogP contribution in [0.5, 0.6) is 17.2 Å². The first kappa shape index (κ1) is 25.4. The first-order valence-corrected chi connectivity index (χ1v) is 11.9. The molecular formula is C24H25N3O7S. The summed E-state index contributed by atoms with van der Waals surface area (Å²) < 4.78 is 43.9. The highest BCUT2D eigenvalue weighted by Gasteiger charge is 2.18. The molecular weight excluding hydrogens is 474 g/mol. The zero-order valence-electron chi connectivity index (χ0n) is 19.1. The van der Waals surface area contributed by atoms with Gasteiger partial charge in [-0.2, -0.15) is 0 Å². The Morgan fingerprint density at radius 3 is 2.17 bits per heavy atom. The van der Waals surface area contributed by atoms with E-state index in [4.69, 9.17) is 14.2 Å². The summed E-state index contributed by atoms with van der Waals surface area (Å²) in [5.41, 5.74) is 4.84. The third-order valence-electron chi connectivity index (χ3n) is 4.73. The second kappa shape index (κ2) is 11.7. The fourth-order valence-corrected chi connectivity index (χ4v) is 4.11. The van der Waals surface area contributed by atoms with Crippen molar-refractivity contribution in [1.82, 2.24) is 10.9 Å². The molecule has 0 unspecified atom stereocenters. The fraction of sp³-hybridized carbons (Fsp3) is 0.167. The van der Waals surface area contributed by atoms with Crippen LogP contribution in [0, 0.1) is 0 Å². The topological polar surface area (TPSA) is 132 Å². The van der Waals surface area contributed by atoms with E-state index in [1.807, 2.05) is 0 Å². The van der Waals surface area contributed by atoms with E-state index in [1.165, 1.54) is 38.5 Å². The summed E-state index contributed by atoms with van der Waals surface area (Å²) >= 11 is 0. The molecule has 0 aromatic heterocycles. The lowest BCUT2D eigenvalue weighted by Gasteiger charge is -2.13. The van der Waals surface area contributed by atoms with Crippen LogP contribution < -0.4 is 29.8 Å². The van der Waals surface area contributed by atoms with Crippen LogP contribution in [0.25, 0.3) is 0 Å². The quantitative estimate of drug-likeness (QED) is 0.366. The Bertz CT molecular complexity index is 1300. The molecule has 2 amide bonds. The number of hydrazine groups is 1. The SMILES string of the molecule is COc1ccccc1NS(=O)(=O)c1cccc(C(=O)NNC(=O)CCOc2ccccc2OC)c1. The monoisotopic (exact) mass is 499 g/mol. The number of methoxy groups -OCH3 is 2. The van der Waals surface area contributed by atoms with Crippen molar-refractivity contribution >= 4 is 27.5 Å². The number of nitrogens with one attached hydrogen (secondary N) is 3. The van der Waals surface area contributed by atoms with E-state index in [2.05, 4.69) is 15.6 Å². The van der Waals surface area contributed by atoms with Crippen molar-refractivity contribution in [2.75, 3.05) is 25.5 Å². The molecule has 0 aliphatic heterocycles. The third-order valence-corrected chi connectivity index (χ3v) is 6.09. The normalized spacial score (nSPS) is 10.7. The van der Waals surface area contributed by atoms with Crippen molar-refractivity contribution in [3.05, 3.63) is 78.4 Å². The van der Waals surface area contributed by atoms with Gasteiger partial charge < -0.3 is 14.2 Å². The van der Waals surface area contributed by atoms with E-state index >= 15 is 0 Å². The molecule has 0 aliphatic rings. The van der Waals surface area contributed by atoms with Crippen molar-refractivity contribution in [3.63, 3.8) is 0 Å². The largest absolute Gasteiger partial charge is 0.495 e. The highest BCUT2D eigenvalue weighted by atomic mass is 32.2. The number of carbonyl (C=O) groups excluding carboxylic acids is 2. The van der Waals surface area contributed by atoms with Gasteiger partial charge in [-0.1, -0.05) is 30.3 Å². The van der Waals surface area contributed by atoms with E-state index in [9.17, 15) is 18.0 Å². The van der Waals surface area contributed by atoms with Gasteiger partial charge in [0, 0.05) is 5.56 Å².